The molecule has 3 nitrogen and oxygen atoms in total. The molecule has 0 heterocycles. The van der Waals surface area contributed by atoms with Gasteiger partial charge in [-0.3, -0.25) is 0 Å². The number of nitrogens with zero attached hydrogens (tertiary/aromatic N) is 1. The smallest absolute Gasteiger partial charge is 0.352 e. The second kappa shape index (κ2) is 7.56. The van der Waals surface area contributed by atoms with E-state index in [-0.39, 0.29) is 5.97 Å². The molecule has 0 fully saturated rings. The molecule has 0 saturated heterocycles. The summed E-state index contributed by atoms with van der Waals surface area (Å²) in [7, 11) is 0. The van der Waals surface area contributed by atoms with Gasteiger partial charge in [0.1, 0.15) is 0 Å². The van der Waals surface area contributed by atoms with E-state index in [0.29, 0.717) is 12.0 Å². The Bertz CT molecular complexity index is 184. The first-order valence-electron chi connectivity index (χ1n) is 5.30. The van der Waals surface area contributed by atoms with Crippen molar-refractivity contribution in [2.75, 3.05) is 13.1 Å². The first kappa shape index (κ1) is 13.2. The minimum Gasteiger partial charge on any atom is -0.364 e. The van der Waals surface area contributed by atoms with Crippen molar-refractivity contribution in [3.63, 3.8) is 0 Å². The van der Waals surface area contributed by atoms with Crippen molar-refractivity contribution < 1.29 is 9.63 Å². The van der Waals surface area contributed by atoms with E-state index in [4.69, 9.17) is 4.84 Å². The van der Waals surface area contributed by atoms with Crippen LogP contribution in [0.4, 0.5) is 0 Å². The van der Waals surface area contributed by atoms with E-state index in [9.17, 15) is 4.79 Å². The van der Waals surface area contributed by atoms with Gasteiger partial charge in [-0.1, -0.05) is 27.4 Å². The van der Waals surface area contributed by atoms with Gasteiger partial charge in [-0.25, -0.2) is 4.79 Å². The summed E-state index contributed by atoms with van der Waals surface area (Å²) in [5.74, 6) is -0.297. The standard InChI is InChI=1S/C11H21NO2/c1-5-8-12(9-6-2)14-11(13)10(4)7-3/h4-9H2,1-3H3. The fraction of sp³-hybridized carbons (Fsp3) is 0.727. The first-order valence-corrected chi connectivity index (χ1v) is 5.30. The molecule has 0 rings (SSSR count). The Morgan fingerprint density at radius 1 is 1.21 bits per heavy atom. The largest absolute Gasteiger partial charge is 0.364 e. The van der Waals surface area contributed by atoms with Crippen molar-refractivity contribution in [1.29, 1.82) is 0 Å². The van der Waals surface area contributed by atoms with Crippen LogP contribution in [-0.2, 0) is 9.63 Å². The molecule has 14 heavy (non-hydrogen) atoms. The Labute approximate surface area is 86.7 Å². The fourth-order valence-corrected chi connectivity index (χ4v) is 1.03. The number of rotatable bonds is 7. The third kappa shape index (κ3) is 5.02. The van der Waals surface area contributed by atoms with Crippen LogP contribution in [-0.4, -0.2) is 24.1 Å². The molecule has 0 aromatic rings. The summed E-state index contributed by atoms with van der Waals surface area (Å²) in [6.45, 7) is 11.2. The second-order valence-corrected chi connectivity index (χ2v) is 3.26. The van der Waals surface area contributed by atoms with Crippen LogP contribution in [0.2, 0.25) is 0 Å². The summed E-state index contributed by atoms with van der Waals surface area (Å²) >= 11 is 0. The van der Waals surface area contributed by atoms with Crippen molar-refractivity contribution in [2.45, 2.75) is 40.0 Å². The van der Waals surface area contributed by atoms with E-state index in [0.717, 1.165) is 25.9 Å². The highest BCUT2D eigenvalue weighted by Gasteiger charge is 2.11. The molecule has 0 atom stereocenters. The number of hydrogen-bond donors (Lipinski definition) is 0. The van der Waals surface area contributed by atoms with E-state index >= 15 is 0 Å². The van der Waals surface area contributed by atoms with E-state index in [1.807, 2.05) is 6.92 Å². The fourth-order valence-electron chi connectivity index (χ4n) is 1.03. The lowest BCUT2D eigenvalue weighted by atomic mass is 10.2. The van der Waals surface area contributed by atoms with Gasteiger partial charge < -0.3 is 4.84 Å². The van der Waals surface area contributed by atoms with Crippen LogP contribution in [0.1, 0.15) is 40.0 Å². The lowest BCUT2D eigenvalue weighted by Gasteiger charge is -2.19. The number of carbonyl (C=O) groups is 1. The van der Waals surface area contributed by atoms with Crippen molar-refractivity contribution in [3.05, 3.63) is 12.2 Å². The van der Waals surface area contributed by atoms with Gasteiger partial charge in [0.05, 0.1) is 0 Å². The molecule has 0 spiro atoms. The third-order valence-electron chi connectivity index (χ3n) is 1.87. The molecule has 0 aliphatic heterocycles. The SMILES string of the molecule is C=C(CC)C(=O)ON(CCC)CCC. The second-order valence-electron chi connectivity index (χ2n) is 3.26. The lowest BCUT2D eigenvalue weighted by molar-refractivity contribution is -0.185. The molecular formula is C11H21NO2. The van der Waals surface area contributed by atoms with Gasteiger partial charge in [-0.2, -0.15) is 0 Å². The van der Waals surface area contributed by atoms with Crippen LogP contribution in [0.3, 0.4) is 0 Å². The molecule has 0 radical (unpaired) electrons. The number of hydrogen-bond acceptors (Lipinski definition) is 3. The molecular weight excluding hydrogens is 178 g/mol. The van der Waals surface area contributed by atoms with Gasteiger partial charge >= 0.3 is 5.97 Å². The highest BCUT2D eigenvalue weighted by molar-refractivity contribution is 5.87. The van der Waals surface area contributed by atoms with Crippen LogP contribution in [0.15, 0.2) is 12.2 Å². The summed E-state index contributed by atoms with van der Waals surface area (Å²) in [5.41, 5.74) is 0.530. The zero-order valence-corrected chi connectivity index (χ0v) is 9.51. The first-order chi connectivity index (χ1) is 6.65. The van der Waals surface area contributed by atoms with Gasteiger partial charge in [-0.05, 0) is 19.3 Å². The molecule has 3 heteroatoms. The molecule has 0 saturated carbocycles. The van der Waals surface area contributed by atoms with E-state index in [1.54, 1.807) is 5.06 Å². The maximum Gasteiger partial charge on any atom is 0.352 e. The van der Waals surface area contributed by atoms with E-state index < -0.39 is 0 Å². The minimum atomic E-state index is -0.297. The molecule has 0 unspecified atom stereocenters. The van der Waals surface area contributed by atoms with Gasteiger partial charge in [0.15, 0.2) is 0 Å². The average Bonchev–Trinajstić information content (AvgIpc) is 2.17. The Kier molecular flexibility index (Phi) is 7.11. The normalized spacial score (nSPS) is 10.3. The Hall–Kier alpha value is -0.830. The summed E-state index contributed by atoms with van der Waals surface area (Å²) in [6.07, 6.45) is 2.60. The Morgan fingerprint density at radius 3 is 2.07 bits per heavy atom. The van der Waals surface area contributed by atoms with Crippen molar-refractivity contribution >= 4 is 5.97 Å². The minimum absolute atomic E-state index is 0.297. The summed E-state index contributed by atoms with van der Waals surface area (Å²) in [4.78, 5) is 16.5. The predicted octanol–water partition coefficient (Wildman–Crippen LogP) is 2.53. The highest BCUT2D eigenvalue weighted by Crippen LogP contribution is 2.03. The molecule has 82 valence electrons. The van der Waals surface area contributed by atoms with E-state index in [1.165, 1.54) is 0 Å². The number of carbonyl (C=O) groups excluding carboxylic acids is 1. The van der Waals surface area contributed by atoms with Crippen LogP contribution in [0, 0.1) is 0 Å². The molecule has 0 N–H and O–H groups in total. The van der Waals surface area contributed by atoms with E-state index in [2.05, 4.69) is 20.4 Å². The Balaban J connectivity index is 4.01. The van der Waals surface area contributed by atoms with Crippen molar-refractivity contribution in [2.24, 2.45) is 0 Å². The molecule has 0 amide bonds. The summed E-state index contributed by atoms with van der Waals surface area (Å²) in [5, 5.41) is 1.71. The lowest BCUT2D eigenvalue weighted by Crippen LogP contribution is -2.29. The number of hydroxylamine groups is 2. The van der Waals surface area contributed by atoms with Gasteiger partial charge in [-0.15, -0.1) is 5.06 Å². The zero-order chi connectivity index (χ0) is 11.0. The third-order valence-corrected chi connectivity index (χ3v) is 1.87. The van der Waals surface area contributed by atoms with Gasteiger partial charge in [0.2, 0.25) is 0 Å². The van der Waals surface area contributed by atoms with Crippen molar-refractivity contribution in [1.82, 2.24) is 5.06 Å². The van der Waals surface area contributed by atoms with Crippen LogP contribution in [0.5, 0.6) is 0 Å². The van der Waals surface area contributed by atoms with Gasteiger partial charge in [0, 0.05) is 18.7 Å². The summed E-state index contributed by atoms with van der Waals surface area (Å²) in [6, 6.07) is 0. The maximum absolute atomic E-state index is 11.4. The van der Waals surface area contributed by atoms with Crippen molar-refractivity contribution in [3.8, 4) is 0 Å². The van der Waals surface area contributed by atoms with Crippen LogP contribution < -0.4 is 0 Å². The highest BCUT2D eigenvalue weighted by atomic mass is 16.7. The van der Waals surface area contributed by atoms with Crippen LogP contribution in [0.25, 0.3) is 0 Å². The molecule has 0 aliphatic carbocycles. The quantitative estimate of drug-likeness (QED) is 0.466. The average molecular weight is 199 g/mol. The van der Waals surface area contributed by atoms with Gasteiger partial charge in [0.25, 0.3) is 0 Å². The molecule has 0 bridgehead atoms. The predicted molar refractivity (Wildman–Crippen MR) is 57.7 cm³/mol. The molecule has 0 aromatic carbocycles. The molecule has 0 aliphatic rings. The maximum atomic E-state index is 11.4. The topological polar surface area (TPSA) is 29.5 Å². The zero-order valence-electron chi connectivity index (χ0n) is 9.51. The Morgan fingerprint density at radius 2 is 1.71 bits per heavy atom. The van der Waals surface area contributed by atoms with Crippen LogP contribution >= 0.6 is 0 Å². The monoisotopic (exact) mass is 199 g/mol. The molecule has 0 aromatic heterocycles. The summed E-state index contributed by atoms with van der Waals surface area (Å²) < 4.78 is 0.